The lowest BCUT2D eigenvalue weighted by atomic mass is 10.1. The van der Waals surface area contributed by atoms with E-state index in [-0.39, 0.29) is 38.8 Å². The maximum atomic E-state index is 10.8. The van der Waals surface area contributed by atoms with Crippen LogP contribution in [-0.4, -0.2) is 87.8 Å². The van der Waals surface area contributed by atoms with Crippen molar-refractivity contribution in [3.05, 3.63) is 46.3 Å². The number of hydrogen-bond donors (Lipinski definition) is 4. The van der Waals surface area contributed by atoms with Crippen LogP contribution >= 0.6 is 0 Å². The molecule has 0 aliphatic carbocycles. The first-order valence-corrected chi connectivity index (χ1v) is 10.4. The maximum absolute atomic E-state index is 10.8. The van der Waals surface area contributed by atoms with Gasteiger partial charge in [-0.15, -0.1) is 0 Å². The van der Waals surface area contributed by atoms with Crippen molar-refractivity contribution in [3.8, 4) is 5.88 Å². The van der Waals surface area contributed by atoms with Crippen LogP contribution in [0.3, 0.4) is 0 Å². The fourth-order valence-electron chi connectivity index (χ4n) is 3.73. The van der Waals surface area contributed by atoms with E-state index in [1.54, 1.807) is 17.0 Å². The van der Waals surface area contributed by atoms with Crippen molar-refractivity contribution >= 4 is 17.2 Å². The van der Waals surface area contributed by atoms with Gasteiger partial charge in [-0.3, -0.25) is 10.1 Å². The highest BCUT2D eigenvalue weighted by atomic mass is 16.6. The summed E-state index contributed by atoms with van der Waals surface area (Å²) < 4.78 is 16.8. The Kier molecular flexibility index (Phi) is 7.15. The zero-order chi connectivity index (χ0) is 23.4. The molecule has 4 N–H and O–H groups in total. The average molecular weight is 463 g/mol. The minimum absolute atomic E-state index is 0.0289. The predicted octanol–water partition coefficient (Wildman–Crippen LogP) is -0.349. The standard InChI is InChI=1S/C20H25N5O8/c26-6-8-31-9-14-16(27)17(28)20(33-14)24-11-23-15-18(24)21-10-22-19(15)32-7-5-12-1-3-13(4-2-12)25(29)30/h1-4,10,14,16-17,20,23,26-28H,5-9,11H2/t14-,16-,17-,20-/m1/s1. The summed E-state index contributed by atoms with van der Waals surface area (Å²) in [5.41, 5.74) is 1.44. The van der Waals surface area contributed by atoms with Crippen LogP contribution in [0.4, 0.5) is 17.2 Å². The number of fused-ring (bicyclic) bond motifs is 1. The zero-order valence-electron chi connectivity index (χ0n) is 17.6. The fourth-order valence-corrected chi connectivity index (χ4v) is 3.73. The molecule has 3 heterocycles. The van der Waals surface area contributed by atoms with Gasteiger partial charge in [0, 0.05) is 18.6 Å². The van der Waals surface area contributed by atoms with Crippen LogP contribution in [0.2, 0.25) is 0 Å². The van der Waals surface area contributed by atoms with E-state index in [1.807, 2.05) is 0 Å². The van der Waals surface area contributed by atoms with Crippen molar-refractivity contribution in [2.24, 2.45) is 0 Å². The molecule has 178 valence electrons. The van der Waals surface area contributed by atoms with Gasteiger partial charge in [0.15, 0.2) is 12.0 Å². The molecule has 0 saturated carbocycles. The summed E-state index contributed by atoms with van der Waals surface area (Å²) in [6.45, 7) is 0.529. The van der Waals surface area contributed by atoms with E-state index >= 15 is 0 Å². The summed E-state index contributed by atoms with van der Waals surface area (Å²) in [4.78, 5) is 20.4. The van der Waals surface area contributed by atoms with Crippen molar-refractivity contribution in [1.82, 2.24) is 9.97 Å². The Morgan fingerprint density at radius 3 is 2.73 bits per heavy atom. The van der Waals surface area contributed by atoms with Gasteiger partial charge in [0.25, 0.3) is 5.69 Å². The maximum Gasteiger partial charge on any atom is 0.269 e. The quantitative estimate of drug-likeness (QED) is 0.205. The average Bonchev–Trinajstić information content (AvgIpc) is 3.36. The second-order valence-electron chi connectivity index (χ2n) is 7.55. The van der Waals surface area contributed by atoms with E-state index in [9.17, 15) is 20.3 Å². The molecule has 2 aliphatic heterocycles. The molecule has 0 radical (unpaired) electrons. The first kappa shape index (κ1) is 23.1. The molecule has 2 aliphatic rings. The number of nitrogens with zero attached hydrogens (tertiary/aromatic N) is 4. The first-order chi connectivity index (χ1) is 16.0. The minimum atomic E-state index is -1.19. The third-order valence-electron chi connectivity index (χ3n) is 5.43. The highest BCUT2D eigenvalue weighted by molar-refractivity contribution is 5.75. The summed E-state index contributed by atoms with van der Waals surface area (Å²) in [5, 5.41) is 43.5. The molecule has 1 aromatic heterocycles. The molecular weight excluding hydrogens is 438 g/mol. The molecule has 0 bridgehead atoms. The van der Waals surface area contributed by atoms with E-state index in [1.165, 1.54) is 18.5 Å². The summed E-state index contributed by atoms with van der Waals surface area (Å²) in [6, 6.07) is 6.24. The molecular formula is C20H25N5O8. The van der Waals surface area contributed by atoms with Crippen LogP contribution in [0.5, 0.6) is 5.88 Å². The van der Waals surface area contributed by atoms with Gasteiger partial charge in [0.1, 0.15) is 30.3 Å². The van der Waals surface area contributed by atoms with Crippen molar-refractivity contribution in [1.29, 1.82) is 0 Å². The predicted molar refractivity (Wildman–Crippen MR) is 114 cm³/mol. The third-order valence-corrected chi connectivity index (χ3v) is 5.43. The van der Waals surface area contributed by atoms with Gasteiger partial charge < -0.3 is 39.7 Å². The van der Waals surface area contributed by atoms with Crippen LogP contribution in [-0.2, 0) is 15.9 Å². The molecule has 1 aromatic carbocycles. The largest absolute Gasteiger partial charge is 0.476 e. The molecule has 33 heavy (non-hydrogen) atoms. The van der Waals surface area contributed by atoms with E-state index < -0.39 is 29.5 Å². The third kappa shape index (κ3) is 4.96. The fraction of sp³-hybridized carbons (Fsp3) is 0.500. The monoisotopic (exact) mass is 463 g/mol. The molecule has 4 atom stereocenters. The zero-order valence-corrected chi connectivity index (χ0v) is 17.6. The van der Waals surface area contributed by atoms with Gasteiger partial charge in [0.2, 0.25) is 5.88 Å². The van der Waals surface area contributed by atoms with Crippen LogP contribution < -0.4 is 15.0 Å². The van der Waals surface area contributed by atoms with Gasteiger partial charge >= 0.3 is 0 Å². The molecule has 0 spiro atoms. The van der Waals surface area contributed by atoms with Gasteiger partial charge in [0.05, 0.1) is 38.0 Å². The Morgan fingerprint density at radius 1 is 1.21 bits per heavy atom. The van der Waals surface area contributed by atoms with Crippen molar-refractivity contribution < 1.29 is 34.5 Å². The number of aromatic nitrogens is 2. The van der Waals surface area contributed by atoms with Gasteiger partial charge in [-0.05, 0) is 5.56 Å². The summed E-state index contributed by atoms with van der Waals surface area (Å²) in [7, 11) is 0. The number of aliphatic hydroxyl groups is 3. The SMILES string of the molecule is O=[N+]([O-])c1ccc(CCOc2ncnc3c2NCN3[C@@H]2O[C@H](COCCO)[C@@H](O)[C@H]2O)cc1. The van der Waals surface area contributed by atoms with E-state index in [0.717, 1.165) is 5.56 Å². The van der Waals surface area contributed by atoms with E-state index in [4.69, 9.17) is 19.3 Å². The molecule has 13 nitrogen and oxygen atoms in total. The van der Waals surface area contributed by atoms with Crippen LogP contribution in [0.1, 0.15) is 5.56 Å². The second kappa shape index (κ2) is 10.2. The van der Waals surface area contributed by atoms with E-state index in [2.05, 4.69) is 15.3 Å². The van der Waals surface area contributed by atoms with Crippen LogP contribution in [0, 0.1) is 10.1 Å². The molecule has 4 rings (SSSR count). The van der Waals surface area contributed by atoms with Gasteiger partial charge in [-0.1, -0.05) is 12.1 Å². The van der Waals surface area contributed by atoms with Crippen molar-refractivity contribution in [2.75, 3.05) is 43.3 Å². The van der Waals surface area contributed by atoms with Crippen LogP contribution in [0.25, 0.3) is 0 Å². The minimum Gasteiger partial charge on any atom is -0.476 e. The van der Waals surface area contributed by atoms with Gasteiger partial charge in [-0.2, -0.15) is 4.98 Å². The number of rotatable bonds is 10. The lowest BCUT2D eigenvalue weighted by Crippen LogP contribution is -2.44. The summed E-state index contributed by atoms with van der Waals surface area (Å²) in [6.07, 6.45) is -2.11. The summed E-state index contributed by atoms with van der Waals surface area (Å²) in [5.74, 6) is 0.781. The number of non-ortho nitro benzene ring substituents is 1. The number of nitro groups is 1. The normalized spacial score (nSPS) is 23.9. The Labute approximate surface area is 188 Å². The number of anilines is 2. The molecule has 13 heteroatoms. The lowest BCUT2D eigenvalue weighted by molar-refractivity contribution is -0.384. The molecule has 1 saturated heterocycles. The molecule has 0 unspecified atom stereocenters. The smallest absolute Gasteiger partial charge is 0.269 e. The first-order valence-electron chi connectivity index (χ1n) is 10.4. The van der Waals surface area contributed by atoms with Crippen molar-refractivity contribution in [3.63, 3.8) is 0 Å². The molecule has 1 fully saturated rings. The highest BCUT2D eigenvalue weighted by Crippen LogP contribution is 2.39. The number of hydrogen-bond acceptors (Lipinski definition) is 12. The number of nitrogens with one attached hydrogen (secondary N) is 1. The Hall–Kier alpha value is -3.10. The lowest BCUT2D eigenvalue weighted by Gasteiger charge is -2.26. The topological polar surface area (TPSA) is 173 Å². The highest BCUT2D eigenvalue weighted by Gasteiger charge is 2.47. The molecule has 0 amide bonds. The number of benzene rings is 1. The number of aliphatic hydroxyl groups excluding tert-OH is 3. The van der Waals surface area contributed by atoms with Crippen molar-refractivity contribution in [2.45, 2.75) is 31.0 Å². The molecule has 2 aromatic rings. The second-order valence-corrected chi connectivity index (χ2v) is 7.55. The summed E-state index contributed by atoms with van der Waals surface area (Å²) >= 11 is 0. The van der Waals surface area contributed by atoms with Gasteiger partial charge in [-0.25, -0.2) is 4.98 Å². The Morgan fingerprint density at radius 2 is 2.00 bits per heavy atom. The Bertz CT molecular complexity index is 962. The number of ether oxygens (including phenoxy) is 3. The Balaban J connectivity index is 1.38. The number of nitro benzene ring substituents is 1. The van der Waals surface area contributed by atoms with E-state index in [0.29, 0.717) is 23.8 Å². The van der Waals surface area contributed by atoms with Crippen LogP contribution in [0.15, 0.2) is 30.6 Å².